The van der Waals surface area contributed by atoms with Gasteiger partial charge in [-0.15, -0.1) is 0 Å². The number of hydrogen-bond acceptors (Lipinski definition) is 3. The highest BCUT2D eigenvalue weighted by Crippen LogP contribution is 2.28. The van der Waals surface area contributed by atoms with E-state index in [4.69, 9.17) is 0 Å². The molecule has 3 amide bonds. The van der Waals surface area contributed by atoms with Crippen molar-refractivity contribution in [3.05, 3.63) is 29.3 Å². The van der Waals surface area contributed by atoms with Gasteiger partial charge in [0.2, 0.25) is 11.8 Å². The van der Waals surface area contributed by atoms with Crippen molar-refractivity contribution in [1.29, 1.82) is 0 Å². The molecule has 0 aromatic heterocycles. The number of carbonyl (C=O) groups excluding carboxylic acids is 3. The van der Waals surface area contributed by atoms with E-state index in [9.17, 15) is 14.4 Å². The van der Waals surface area contributed by atoms with Gasteiger partial charge < -0.3 is 15.1 Å². The standard InChI is InChI=1S/C18H25N3O3/c1-12(2)10-21(11-16(22)19-3)18(24)14-5-7-15-13(9-14)6-8-17(23)20(15)4/h5,7,9,12H,6,8,10-11H2,1-4H3,(H,19,22). The Morgan fingerprint density at radius 2 is 2.00 bits per heavy atom. The Bertz CT molecular complexity index is 655. The summed E-state index contributed by atoms with van der Waals surface area (Å²) < 4.78 is 0. The number of aryl methyl sites for hydroxylation is 1. The van der Waals surface area contributed by atoms with E-state index in [1.807, 2.05) is 26.0 Å². The van der Waals surface area contributed by atoms with E-state index in [1.165, 1.54) is 0 Å². The van der Waals surface area contributed by atoms with Crippen LogP contribution < -0.4 is 10.2 Å². The number of benzene rings is 1. The van der Waals surface area contributed by atoms with Gasteiger partial charge in [0.05, 0.1) is 6.54 Å². The topological polar surface area (TPSA) is 69.7 Å². The van der Waals surface area contributed by atoms with Crippen molar-refractivity contribution in [2.75, 3.05) is 32.1 Å². The second-order valence-electron chi connectivity index (χ2n) is 6.55. The van der Waals surface area contributed by atoms with Gasteiger partial charge in [-0.25, -0.2) is 0 Å². The molecule has 1 N–H and O–H groups in total. The molecular weight excluding hydrogens is 306 g/mol. The van der Waals surface area contributed by atoms with Gasteiger partial charge in [0.1, 0.15) is 0 Å². The highest BCUT2D eigenvalue weighted by Gasteiger charge is 2.24. The monoisotopic (exact) mass is 331 g/mol. The number of anilines is 1. The van der Waals surface area contributed by atoms with E-state index in [0.29, 0.717) is 24.9 Å². The van der Waals surface area contributed by atoms with Gasteiger partial charge in [0, 0.05) is 38.3 Å². The maximum Gasteiger partial charge on any atom is 0.254 e. The first-order valence-corrected chi connectivity index (χ1v) is 8.22. The fraction of sp³-hybridized carbons (Fsp3) is 0.500. The van der Waals surface area contributed by atoms with Crippen LogP contribution in [0.1, 0.15) is 36.2 Å². The van der Waals surface area contributed by atoms with E-state index in [2.05, 4.69) is 5.32 Å². The lowest BCUT2D eigenvalue weighted by Crippen LogP contribution is -2.41. The van der Waals surface area contributed by atoms with E-state index < -0.39 is 0 Å². The number of amides is 3. The molecule has 130 valence electrons. The first-order chi connectivity index (χ1) is 11.3. The molecular formula is C18H25N3O3. The molecule has 1 heterocycles. The third-order valence-corrected chi connectivity index (χ3v) is 4.16. The molecule has 0 saturated carbocycles. The zero-order chi connectivity index (χ0) is 17.9. The summed E-state index contributed by atoms with van der Waals surface area (Å²) in [5.41, 5.74) is 2.40. The zero-order valence-electron chi connectivity index (χ0n) is 14.8. The highest BCUT2D eigenvalue weighted by molar-refractivity contribution is 5.99. The van der Waals surface area contributed by atoms with Crippen molar-refractivity contribution < 1.29 is 14.4 Å². The van der Waals surface area contributed by atoms with Crippen molar-refractivity contribution in [2.24, 2.45) is 5.92 Å². The Balaban J connectivity index is 2.26. The molecule has 0 spiro atoms. The highest BCUT2D eigenvalue weighted by atomic mass is 16.2. The van der Waals surface area contributed by atoms with Crippen molar-refractivity contribution in [1.82, 2.24) is 10.2 Å². The van der Waals surface area contributed by atoms with Gasteiger partial charge in [0.25, 0.3) is 5.91 Å². The SMILES string of the molecule is CNC(=O)CN(CC(C)C)C(=O)c1ccc2c(c1)CCC(=O)N2C. The predicted octanol–water partition coefficient (Wildman–Crippen LogP) is 1.44. The van der Waals surface area contributed by atoms with Gasteiger partial charge in [0.15, 0.2) is 0 Å². The number of nitrogens with zero attached hydrogens (tertiary/aromatic N) is 2. The van der Waals surface area contributed by atoms with Crippen molar-refractivity contribution in [2.45, 2.75) is 26.7 Å². The summed E-state index contributed by atoms with van der Waals surface area (Å²) in [5, 5.41) is 2.56. The van der Waals surface area contributed by atoms with Crippen molar-refractivity contribution in [3.8, 4) is 0 Å². The molecule has 1 aromatic rings. The van der Waals surface area contributed by atoms with Gasteiger partial charge >= 0.3 is 0 Å². The molecule has 0 radical (unpaired) electrons. The van der Waals surface area contributed by atoms with Crippen LogP contribution in [0.15, 0.2) is 18.2 Å². The second-order valence-corrected chi connectivity index (χ2v) is 6.55. The Hall–Kier alpha value is -2.37. The lowest BCUT2D eigenvalue weighted by molar-refractivity contribution is -0.121. The largest absolute Gasteiger partial charge is 0.358 e. The average Bonchev–Trinajstić information content (AvgIpc) is 2.56. The van der Waals surface area contributed by atoms with Crippen LogP contribution >= 0.6 is 0 Å². The maximum absolute atomic E-state index is 12.8. The van der Waals surface area contributed by atoms with Crippen LogP contribution in [0.4, 0.5) is 5.69 Å². The van der Waals surface area contributed by atoms with Crippen molar-refractivity contribution >= 4 is 23.4 Å². The summed E-state index contributed by atoms with van der Waals surface area (Å²) in [6.45, 7) is 4.58. The van der Waals surface area contributed by atoms with Crippen LogP contribution in [0.25, 0.3) is 0 Å². The van der Waals surface area contributed by atoms with Crippen LogP contribution in [-0.2, 0) is 16.0 Å². The Morgan fingerprint density at radius 1 is 1.29 bits per heavy atom. The smallest absolute Gasteiger partial charge is 0.254 e. The van der Waals surface area contributed by atoms with Crippen LogP contribution in [0.5, 0.6) is 0 Å². The minimum Gasteiger partial charge on any atom is -0.358 e. The third kappa shape index (κ3) is 3.93. The van der Waals surface area contributed by atoms with E-state index >= 15 is 0 Å². The normalized spacial score (nSPS) is 13.7. The molecule has 1 aromatic carbocycles. The van der Waals surface area contributed by atoms with Crippen LogP contribution in [0.2, 0.25) is 0 Å². The molecule has 0 unspecified atom stereocenters. The minimum absolute atomic E-state index is 0.0446. The van der Waals surface area contributed by atoms with E-state index in [0.717, 1.165) is 11.3 Å². The second kappa shape index (κ2) is 7.47. The third-order valence-electron chi connectivity index (χ3n) is 4.16. The fourth-order valence-electron chi connectivity index (χ4n) is 2.88. The molecule has 0 fully saturated rings. The van der Waals surface area contributed by atoms with E-state index in [-0.39, 0.29) is 30.2 Å². The summed E-state index contributed by atoms with van der Waals surface area (Å²) in [6, 6.07) is 5.39. The number of carbonyl (C=O) groups is 3. The summed E-state index contributed by atoms with van der Waals surface area (Å²) in [6.07, 6.45) is 1.09. The summed E-state index contributed by atoms with van der Waals surface area (Å²) in [7, 11) is 3.31. The fourth-order valence-corrected chi connectivity index (χ4v) is 2.88. The molecule has 0 atom stereocenters. The Kier molecular flexibility index (Phi) is 5.59. The quantitative estimate of drug-likeness (QED) is 0.887. The first kappa shape index (κ1) is 18.0. The maximum atomic E-state index is 12.8. The van der Waals surface area contributed by atoms with Gasteiger partial charge in [-0.3, -0.25) is 14.4 Å². The lowest BCUT2D eigenvalue weighted by Gasteiger charge is -2.27. The summed E-state index contributed by atoms with van der Waals surface area (Å²) >= 11 is 0. The Morgan fingerprint density at radius 3 is 2.62 bits per heavy atom. The Labute approximate surface area is 142 Å². The molecule has 2 rings (SSSR count). The molecule has 1 aliphatic rings. The van der Waals surface area contributed by atoms with Crippen LogP contribution in [-0.4, -0.2) is 49.8 Å². The molecule has 1 aliphatic heterocycles. The zero-order valence-corrected chi connectivity index (χ0v) is 14.8. The number of likely N-dealkylation sites (N-methyl/N-ethyl adjacent to an activating group) is 1. The van der Waals surface area contributed by atoms with Gasteiger partial charge in [-0.2, -0.15) is 0 Å². The van der Waals surface area contributed by atoms with Crippen LogP contribution in [0, 0.1) is 5.92 Å². The number of fused-ring (bicyclic) bond motifs is 1. The van der Waals surface area contributed by atoms with Gasteiger partial charge in [-0.05, 0) is 36.1 Å². The summed E-state index contributed by atoms with van der Waals surface area (Å²) in [5.74, 6) is 0.00422. The van der Waals surface area contributed by atoms with Crippen LogP contribution in [0.3, 0.4) is 0 Å². The first-order valence-electron chi connectivity index (χ1n) is 8.22. The van der Waals surface area contributed by atoms with Gasteiger partial charge in [-0.1, -0.05) is 13.8 Å². The number of nitrogens with one attached hydrogen (secondary N) is 1. The predicted molar refractivity (Wildman–Crippen MR) is 93.0 cm³/mol. The molecule has 0 bridgehead atoms. The molecule has 6 nitrogen and oxygen atoms in total. The molecule has 0 aliphatic carbocycles. The van der Waals surface area contributed by atoms with E-state index in [1.54, 1.807) is 30.0 Å². The van der Waals surface area contributed by atoms with Crippen molar-refractivity contribution in [3.63, 3.8) is 0 Å². The molecule has 6 heteroatoms. The number of hydrogen-bond donors (Lipinski definition) is 1. The minimum atomic E-state index is -0.188. The summed E-state index contributed by atoms with van der Waals surface area (Å²) in [4.78, 5) is 39.5. The lowest BCUT2D eigenvalue weighted by atomic mass is 9.98. The number of rotatable bonds is 5. The average molecular weight is 331 g/mol. The molecule has 0 saturated heterocycles. The molecule has 24 heavy (non-hydrogen) atoms.